The SMILES string of the molecule is CCOc1ccc(N(C(=O)COc2ccc(Cl)cc2Cl)S(=O)(=O)c2ccccc2)cc1. The number of anilines is 1. The third-order valence-electron chi connectivity index (χ3n) is 4.14. The van der Waals surface area contributed by atoms with Gasteiger partial charge in [-0.05, 0) is 61.5 Å². The summed E-state index contributed by atoms with van der Waals surface area (Å²) in [6, 6.07) is 18.4. The number of rotatable bonds is 8. The van der Waals surface area contributed by atoms with Gasteiger partial charge < -0.3 is 9.47 Å². The van der Waals surface area contributed by atoms with Crippen molar-refractivity contribution in [3.63, 3.8) is 0 Å². The van der Waals surface area contributed by atoms with Crippen LogP contribution >= 0.6 is 23.2 Å². The molecule has 0 N–H and O–H groups in total. The summed E-state index contributed by atoms with van der Waals surface area (Å²) >= 11 is 11.9. The van der Waals surface area contributed by atoms with Crippen molar-refractivity contribution in [2.45, 2.75) is 11.8 Å². The molecule has 0 fully saturated rings. The van der Waals surface area contributed by atoms with Gasteiger partial charge in [0.1, 0.15) is 11.5 Å². The van der Waals surface area contributed by atoms with Crippen LogP contribution in [-0.2, 0) is 14.8 Å². The van der Waals surface area contributed by atoms with Gasteiger partial charge in [-0.1, -0.05) is 41.4 Å². The fraction of sp³-hybridized carbons (Fsp3) is 0.136. The molecule has 3 rings (SSSR count). The minimum Gasteiger partial charge on any atom is -0.494 e. The highest BCUT2D eigenvalue weighted by atomic mass is 35.5. The molecule has 162 valence electrons. The Bertz CT molecular complexity index is 1150. The van der Waals surface area contributed by atoms with Crippen molar-refractivity contribution in [3.05, 3.63) is 82.8 Å². The van der Waals surface area contributed by atoms with Gasteiger partial charge in [0.15, 0.2) is 6.61 Å². The van der Waals surface area contributed by atoms with Gasteiger partial charge in [0.25, 0.3) is 15.9 Å². The summed E-state index contributed by atoms with van der Waals surface area (Å²) in [5, 5.41) is 0.616. The Hall–Kier alpha value is -2.74. The third kappa shape index (κ3) is 5.50. The first-order valence-corrected chi connectivity index (χ1v) is 11.5. The van der Waals surface area contributed by atoms with Gasteiger partial charge in [-0.25, -0.2) is 8.42 Å². The van der Waals surface area contributed by atoms with E-state index in [0.717, 1.165) is 0 Å². The van der Waals surface area contributed by atoms with E-state index in [9.17, 15) is 13.2 Å². The van der Waals surface area contributed by atoms with Crippen molar-refractivity contribution in [1.82, 2.24) is 0 Å². The van der Waals surface area contributed by atoms with Crippen molar-refractivity contribution in [1.29, 1.82) is 0 Å². The van der Waals surface area contributed by atoms with Crippen LogP contribution in [0.5, 0.6) is 11.5 Å². The molecule has 0 radical (unpaired) electrons. The van der Waals surface area contributed by atoms with E-state index in [1.165, 1.54) is 36.4 Å². The predicted octanol–water partition coefficient (Wildman–Crippen LogP) is 5.19. The zero-order chi connectivity index (χ0) is 22.4. The summed E-state index contributed by atoms with van der Waals surface area (Å²) in [5.74, 6) is -0.0258. The number of benzene rings is 3. The summed E-state index contributed by atoms with van der Waals surface area (Å²) in [6.07, 6.45) is 0. The predicted molar refractivity (Wildman–Crippen MR) is 121 cm³/mol. The Morgan fingerprint density at radius 2 is 1.61 bits per heavy atom. The van der Waals surface area contributed by atoms with E-state index >= 15 is 0 Å². The van der Waals surface area contributed by atoms with E-state index < -0.39 is 22.5 Å². The second kappa shape index (κ2) is 10.0. The van der Waals surface area contributed by atoms with Crippen LogP contribution in [0.3, 0.4) is 0 Å². The highest BCUT2D eigenvalue weighted by molar-refractivity contribution is 7.93. The summed E-state index contributed by atoms with van der Waals surface area (Å²) in [5.41, 5.74) is 0.156. The maximum Gasteiger partial charge on any atom is 0.278 e. The monoisotopic (exact) mass is 479 g/mol. The van der Waals surface area contributed by atoms with Gasteiger partial charge in [0.2, 0.25) is 0 Å². The van der Waals surface area contributed by atoms with Crippen LogP contribution < -0.4 is 13.8 Å². The van der Waals surface area contributed by atoms with Crippen LogP contribution in [0.25, 0.3) is 0 Å². The molecule has 0 aliphatic rings. The summed E-state index contributed by atoms with van der Waals surface area (Å²) in [4.78, 5) is 13.0. The molecule has 0 aliphatic carbocycles. The van der Waals surface area contributed by atoms with Gasteiger partial charge in [-0.3, -0.25) is 4.79 Å². The zero-order valence-electron chi connectivity index (χ0n) is 16.5. The molecule has 0 heterocycles. The average molecular weight is 480 g/mol. The molecule has 31 heavy (non-hydrogen) atoms. The van der Waals surface area contributed by atoms with E-state index in [1.54, 1.807) is 36.4 Å². The van der Waals surface area contributed by atoms with Crippen LogP contribution in [-0.4, -0.2) is 27.5 Å². The Morgan fingerprint density at radius 1 is 0.935 bits per heavy atom. The quantitative estimate of drug-likeness (QED) is 0.444. The summed E-state index contributed by atoms with van der Waals surface area (Å²) in [6.45, 7) is 1.74. The lowest BCUT2D eigenvalue weighted by Gasteiger charge is -2.23. The number of ether oxygens (including phenoxy) is 2. The Labute approximate surface area is 191 Å². The van der Waals surface area contributed by atoms with Gasteiger partial charge in [-0.2, -0.15) is 4.31 Å². The smallest absolute Gasteiger partial charge is 0.278 e. The van der Waals surface area contributed by atoms with Crippen LogP contribution in [0.4, 0.5) is 5.69 Å². The van der Waals surface area contributed by atoms with Crippen LogP contribution in [0.15, 0.2) is 77.7 Å². The van der Waals surface area contributed by atoms with E-state index in [0.29, 0.717) is 21.7 Å². The fourth-order valence-corrected chi connectivity index (χ4v) is 4.64. The lowest BCUT2D eigenvalue weighted by Crippen LogP contribution is -2.40. The van der Waals surface area contributed by atoms with Gasteiger partial charge in [0, 0.05) is 5.02 Å². The number of hydrogen-bond donors (Lipinski definition) is 0. The van der Waals surface area contributed by atoms with Crippen LogP contribution in [0.1, 0.15) is 6.92 Å². The molecule has 3 aromatic carbocycles. The molecular weight excluding hydrogens is 461 g/mol. The molecule has 0 saturated heterocycles. The Balaban J connectivity index is 1.94. The third-order valence-corrected chi connectivity index (χ3v) is 6.43. The van der Waals surface area contributed by atoms with E-state index in [-0.39, 0.29) is 21.4 Å². The van der Waals surface area contributed by atoms with Crippen molar-refractivity contribution in [3.8, 4) is 11.5 Å². The average Bonchev–Trinajstić information content (AvgIpc) is 2.75. The van der Waals surface area contributed by atoms with Crippen molar-refractivity contribution < 1.29 is 22.7 Å². The van der Waals surface area contributed by atoms with E-state index in [1.807, 2.05) is 6.92 Å². The first-order valence-electron chi connectivity index (χ1n) is 9.27. The molecular formula is C22H19Cl2NO5S. The number of carbonyl (C=O) groups excluding carboxylic acids is 1. The van der Waals surface area contributed by atoms with Crippen molar-refractivity contribution >= 4 is 44.8 Å². The molecule has 3 aromatic rings. The molecule has 0 spiro atoms. The maximum atomic E-state index is 13.3. The lowest BCUT2D eigenvalue weighted by atomic mass is 10.3. The summed E-state index contributed by atoms with van der Waals surface area (Å²) < 4.78 is 38.2. The number of nitrogens with zero attached hydrogens (tertiary/aromatic N) is 1. The number of amides is 1. The van der Waals surface area contributed by atoms with Crippen molar-refractivity contribution in [2.24, 2.45) is 0 Å². The first kappa shape index (κ1) is 22.9. The normalized spacial score (nSPS) is 11.1. The number of halogens is 2. The highest BCUT2D eigenvalue weighted by Crippen LogP contribution is 2.29. The van der Waals surface area contributed by atoms with Gasteiger partial charge in [-0.15, -0.1) is 0 Å². The largest absolute Gasteiger partial charge is 0.494 e. The number of hydrogen-bond acceptors (Lipinski definition) is 5. The lowest BCUT2D eigenvalue weighted by molar-refractivity contribution is -0.119. The zero-order valence-corrected chi connectivity index (χ0v) is 18.8. The maximum absolute atomic E-state index is 13.3. The molecule has 0 aliphatic heterocycles. The first-order chi connectivity index (χ1) is 14.8. The molecule has 1 amide bonds. The van der Waals surface area contributed by atoms with Crippen LogP contribution in [0, 0.1) is 0 Å². The molecule has 0 saturated carbocycles. The number of sulfonamides is 1. The number of carbonyl (C=O) groups is 1. The molecule has 0 atom stereocenters. The summed E-state index contributed by atoms with van der Waals surface area (Å²) in [7, 11) is -4.19. The minimum atomic E-state index is -4.19. The van der Waals surface area contributed by atoms with Gasteiger partial charge in [0.05, 0.1) is 22.2 Å². The van der Waals surface area contributed by atoms with E-state index in [4.69, 9.17) is 32.7 Å². The topological polar surface area (TPSA) is 72.9 Å². The highest BCUT2D eigenvalue weighted by Gasteiger charge is 2.31. The minimum absolute atomic E-state index is 0.0261. The molecule has 0 unspecified atom stereocenters. The second-order valence-electron chi connectivity index (χ2n) is 6.27. The molecule has 9 heteroatoms. The molecule has 6 nitrogen and oxygen atoms in total. The second-order valence-corrected chi connectivity index (χ2v) is 8.90. The van der Waals surface area contributed by atoms with E-state index in [2.05, 4.69) is 0 Å². The Kier molecular flexibility index (Phi) is 7.43. The van der Waals surface area contributed by atoms with Gasteiger partial charge >= 0.3 is 0 Å². The van der Waals surface area contributed by atoms with Crippen molar-refractivity contribution in [2.75, 3.05) is 17.5 Å². The Morgan fingerprint density at radius 3 is 2.23 bits per heavy atom. The standard InChI is InChI=1S/C22H19Cl2NO5S/c1-2-29-18-11-9-17(10-12-18)25(31(27,28)19-6-4-3-5-7-19)22(26)15-30-21-13-8-16(23)14-20(21)24/h3-14H,2,15H2,1H3. The molecule has 0 aromatic heterocycles. The molecule has 0 bridgehead atoms. The van der Waals surface area contributed by atoms with Crippen LogP contribution in [0.2, 0.25) is 10.0 Å². The fourth-order valence-electron chi connectivity index (χ4n) is 2.75.